The third-order valence-corrected chi connectivity index (χ3v) is 2.28. The maximum Gasteiger partial charge on any atom is 0.221 e. The number of ether oxygens (including phenoxy) is 1. The first-order chi connectivity index (χ1) is 8.27. The molecule has 0 aliphatic carbocycles. The van der Waals surface area contributed by atoms with E-state index in [1.54, 1.807) is 24.3 Å². The number of nitrogens with one attached hydrogen (secondary N) is 2. The Hall–Kier alpha value is -2.42. The summed E-state index contributed by atoms with van der Waals surface area (Å²) >= 11 is 0. The zero-order valence-electron chi connectivity index (χ0n) is 9.18. The van der Waals surface area contributed by atoms with Crippen LogP contribution in [0.15, 0.2) is 60.7 Å². The molecule has 0 saturated carbocycles. The van der Waals surface area contributed by atoms with E-state index in [1.807, 2.05) is 36.4 Å². The highest BCUT2D eigenvalue weighted by atomic mass is 16.5. The van der Waals surface area contributed by atoms with Gasteiger partial charge in [0.2, 0.25) is 11.8 Å². The Balaban J connectivity index is 2.08. The van der Waals surface area contributed by atoms with Gasteiger partial charge in [-0.1, -0.05) is 36.4 Å². The van der Waals surface area contributed by atoms with Gasteiger partial charge in [-0.2, -0.15) is 0 Å². The largest absolute Gasteiger partial charge is 0.421 e. The zero-order chi connectivity index (χ0) is 12.1. The summed E-state index contributed by atoms with van der Waals surface area (Å²) in [5.41, 5.74) is 1.32. The molecule has 0 atom stereocenters. The van der Waals surface area contributed by atoms with Crippen molar-refractivity contribution in [3.05, 3.63) is 71.8 Å². The van der Waals surface area contributed by atoms with Crippen molar-refractivity contribution in [1.29, 1.82) is 10.8 Å². The molecule has 0 aliphatic heterocycles. The van der Waals surface area contributed by atoms with Crippen LogP contribution in [0, 0.1) is 10.8 Å². The molecule has 0 radical (unpaired) electrons. The van der Waals surface area contributed by atoms with E-state index in [0.717, 1.165) is 0 Å². The van der Waals surface area contributed by atoms with E-state index in [4.69, 9.17) is 15.6 Å². The minimum absolute atomic E-state index is 0.0144. The lowest BCUT2D eigenvalue weighted by Crippen LogP contribution is -2.12. The Labute approximate surface area is 99.7 Å². The highest BCUT2D eigenvalue weighted by Gasteiger charge is 2.07. The van der Waals surface area contributed by atoms with Gasteiger partial charge in [-0.3, -0.25) is 10.8 Å². The summed E-state index contributed by atoms with van der Waals surface area (Å²) in [6, 6.07) is 18.2. The summed E-state index contributed by atoms with van der Waals surface area (Å²) in [4.78, 5) is 0. The van der Waals surface area contributed by atoms with E-state index in [9.17, 15) is 0 Å². The van der Waals surface area contributed by atoms with Crippen molar-refractivity contribution in [3.8, 4) is 0 Å². The summed E-state index contributed by atoms with van der Waals surface area (Å²) in [6.45, 7) is 0. The fourth-order valence-electron chi connectivity index (χ4n) is 1.40. The molecule has 2 N–H and O–H groups in total. The highest BCUT2D eigenvalue weighted by molar-refractivity contribution is 6.04. The lowest BCUT2D eigenvalue weighted by molar-refractivity contribution is 0.538. The molecule has 3 heteroatoms. The molecule has 84 valence electrons. The number of benzene rings is 2. The second-order valence-corrected chi connectivity index (χ2v) is 3.49. The second kappa shape index (κ2) is 5.07. The van der Waals surface area contributed by atoms with Crippen molar-refractivity contribution < 1.29 is 4.74 Å². The van der Waals surface area contributed by atoms with E-state index < -0.39 is 0 Å². The topological polar surface area (TPSA) is 56.9 Å². The number of hydrogen-bond donors (Lipinski definition) is 2. The van der Waals surface area contributed by atoms with E-state index in [2.05, 4.69) is 0 Å². The molecule has 0 amide bonds. The highest BCUT2D eigenvalue weighted by Crippen LogP contribution is 2.05. The van der Waals surface area contributed by atoms with Crippen LogP contribution in [0.2, 0.25) is 0 Å². The van der Waals surface area contributed by atoms with Gasteiger partial charge in [0, 0.05) is 11.1 Å². The molecular weight excluding hydrogens is 212 g/mol. The van der Waals surface area contributed by atoms with Gasteiger partial charge in [0.15, 0.2) is 0 Å². The molecule has 2 aromatic carbocycles. The van der Waals surface area contributed by atoms with Gasteiger partial charge < -0.3 is 4.74 Å². The Morgan fingerprint density at radius 1 is 0.647 bits per heavy atom. The molecule has 0 bridgehead atoms. The molecule has 0 unspecified atom stereocenters. The van der Waals surface area contributed by atoms with Crippen LogP contribution in [0.3, 0.4) is 0 Å². The SMILES string of the molecule is N=C(OC(=N)c1ccccc1)c1ccccc1. The molecular formula is C14H12N2O. The number of hydrogen-bond acceptors (Lipinski definition) is 3. The Bertz CT molecular complexity index is 471. The normalized spacial score (nSPS) is 9.65. The Kier molecular flexibility index (Phi) is 3.31. The monoisotopic (exact) mass is 224 g/mol. The first-order valence-electron chi connectivity index (χ1n) is 5.23. The van der Waals surface area contributed by atoms with Gasteiger partial charge in [-0.15, -0.1) is 0 Å². The second-order valence-electron chi connectivity index (χ2n) is 3.49. The van der Waals surface area contributed by atoms with Crippen LogP contribution in [0.4, 0.5) is 0 Å². The predicted molar refractivity (Wildman–Crippen MR) is 67.6 cm³/mol. The summed E-state index contributed by atoms with van der Waals surface area (Å²) in [7, 11) is 0. The maximum atomic E-state index is 7.75. The standard InChI is InChI=1S/C14H12N2O/c15-13(11-7-3-1-4-8-11)17-14(16)12-9-5-2-6-10-12/h1-10,15-16H. The summed E-state index contributed by atoms with van der Waals surface area (Å²) in [5, 5.41) is 15.5. The van der Waals surface area contributed by atoms with Crippen LogP contribution in [0.25, 0.3) is 0 Å². The molecule has 0 saturated heterocycles. The summed E-state index contributed by atoms with van der Waals surface area (Å²) < 4.78 is 5.19. The van der Waals surface area contributed by atoms with Crippen molar-refractivity contribution in [2.75, 3.05) is 0 Å². The minimum atomic E-state index is -0.0144. The average molecular weight is 224 g/mol. The first-order valence-corrected chi connectivity index (χ1v) is 5.23. The van der Waals surface area contributed by atoms with E-state index in [-0.39, 0.29) is 11.8 Å². The Morgan fingerprint density at radius 3 is 1.35 bits per heavy atom. The lowest BCUT2D eigenvalue weighted by atomic mass is 10.2. The van der Waals surface area contributed by atoms with Crippen LogP contribution >= 0.6 is 0 Å². The third kappa shape index (κ3) is 2.78. The van der Waals surface area contributed by atoms with Gasteiger partial charge in [0.05, 0.1) is 0 Å². The molecule has 3 nitrogen and oxygen atoms in total. The van der Waals surface area contributed by atoms with E-state index in [1.165, 1.54) is 0 Å². The molecule has 0 spiro atoms. The fraction of sp³-hybridized carbons (Fsp3) is 0. The van der Waals surface area contributed by atoms with E-state index in [0.29, 0.717) is 11.1 Å². The van der Waals surface area contributed by atoms with Crippen LogP contribution in [-0.4, -0.2) is 11.8 Å². The lowest BCUT2D eigenvalue weighted by Gasteiger charge is -2.07. The molecule has 2 aromatic rings. The average Bonchev–Trinajstić information content (AvgIpc) is 2.40. The van der Waals surface area contributed by atoms with Gasteiger partial charge >= 0.3 is 0 Å². The van der Waals surface area contributed by atoms with Crippen LogP contribution < -0.4 is 0 Å². The van der Waals surface area contributed by atoms with Crippen molar-refractivity contribution in [3.63, 3.8) is 0 Å². The summed E-state index contributed by atoms with van der Waals surface area (Å²) in [5.74, 6) is -0.0288. The van der Waals surface area contributed by atoms with Crippen LogP contribution in [-0.2, 0) is 4.74 Å². The van der Waals surface area contributed by atoms with E-state index >= 15 is 0 Å². The minimum Gasteiger partial charge on any atom is -0.421 e. The predicted octanol–water partition coefficient (Wildman–Crippen LogP) is 3.05. The summed E-state index contributed by atoms with van der Waals surface area (Å²) in [6.07, 6.45) is 0. The molecule has 0 aliphatic rings. The molecule has 2 rings (SSSR count). The maximum absolute atomic E-state index is 7.75. The van der Waals surface area contributed by atoms with Crippen molar-refractivity contribution in [1.82, 2.24) is 0 Å². The van der Waals surface area contributed by atoms with Gasteiger partial charge in [-0.25, -0.2) is 0 Å². The molecule has 17 heavy (non-hydrogen) atoms. The smallest absolute Gasteiger partial charge is 0.221 e. The quantitative estimate of drug-likeness (QED) is 0.597. The molecule has 0 aromatic heterocycles. The molecule has 0 heterocycles. The Morgan fingerprint density at radius 2 is 1.00 bits per heavy atom. The number of rotatable bonds is 2. The van der Waals surface area contributed by atoms with Gasteiger partial charge in [0.1, 0.15) is 0 Å². The zero-order valence-corrected chi connectivity index (χ0v) is 9.18. The van der Waals surface area contributed by atoms with Crippen molar-refractivity contribution in [2.45, 2.75) is 0 Å². The molecule has 0 fully saturated rings. The van der Waals surface area contributed by atoms with Crippen LogP contribution in [0.1, 0.15) is 11.1 Å². The fourth-order valence-corrected chi connectivity index (χ4v) is 1.40. The van der Waals surface area contributed by atoms with Crippen molar-refractivity contribution >= 4 is 11.8 Å². The van der Waals surface area contributed by atoms with Gasteiger partial charge in [0.25, 0.3) is 0 Å². The van der Waals surface area contributed by atoms with Crippen LogP contribution in [0.5, 0.6) is 0 Å². The third-order valence-electron chi connectivity index (χ3n) is 2.28. The van der Waals surface area contributed by atoms with Gasteiger partial charge in [-0.05, 0) is 24.3 Å². The first kappa shape index (κ1) is 11.1. The van der Waals surface area contributed by atoms with Crippen molar-refractivity contribution in [2.24, 2.45) is 0 Å².